The van der Waals surface area contributed by atoms with E-state index >= 15 is 0 Å². The summed E-state index contributed by atoms with van der Waals surface area (Å²) in [6.45, 7) is 9.23. The lowest BCUT2D eigenvalue weighted by Crippen LogP contribution is -2.44. The van der Waals surface area contributed by atoms with E-state index in [0.717, 1.165) is 11.3 Å². The maximum Gasteiger partial charge on any atom is 0.241 e. The first kappa shape index (κ1) is 21.6. The van der Waals surface area contributed by atoms with Gasteiger partial charge in [-0.3, -0.25) is 9.69 Å². The van der Waals surface area contributed by atoms with Crippen molar-refractivity contribution < 1.29 is 19.4 Å². The van der Waals surface area contributed by atoms with Crippen molar-refractivity contribution in [3.8, 4) is 0 Å². The Morgan fingerprint density at radius 1 is 1.24 bits per heavy atom. The van der Waals surface area contributed by atoms with Crippen LogP contribution in [0.4, 0.5) is 5.69 Å². The molecule has 0 radical (unpaired) electrons. The van der Waals surface area contributed by atoms with Crippen LogP contribution >= 0.6 is 0 Å². The number of aliphatic hydroxyl groups excluding tert-OH is 1. The average molecular weight is 352 g/mol. The molecule has 1 rings (SSSR count). The molecule has 0 aromatic heterocycles. The molecule has 1 aromatic carbocycles. The van der Waals surface area contributed by atoms with Crippen LogP contribution in [0.2, 0.25) is 0 Å². The van der Waals surface area contributed by atoms with Gasteiger partial charge in [-0.05, 0) is 46.4 Å². The Hall–Kier alpha value is -1.47. The number of aliphatic hydroxyl groups is 1. The van der Waals surface area contributed by atoms with Gasteiger partial charge in [0.25, 0.3) is 0 Å². The second-order valence-corrected chi connectivity index (χ2v) is 6.57. The van der Waals surface area contributed by atoms with Gasteiger partial charge in [0.1, 0.15) is 0 Å². The van der Waals surface area contributed by atoms with Gasteiger partial charge >= 0.3 is 0 Å². The quantitative estimate of drug-likeness (QED) is 0.597. The molecule has 0 bridgehead atoms. The van der Waals surface area contributed by atoms with Crippen molar-refractivity contribution in [2.75, 3.05) is 38.7 Å². The fourth-order valence-corrected chi connectivity index (χ4v) is 2.26. The number of hydrogen-bond donors (Lipinski definition) is 2. The predicted molar refractivity (Wildman–Crippen MR) is 99.8 cm³/mol. The number of amides is 1. The van der Waals surface area contributed by atoms with Gasteiger partial charge in [0.2, 0.25) is 5.91 Å². The first-order chi connectivity index (χ1) is 11.8. The molecule has 0 saturated carbocycles. The number of carbonyl (C=O) groups excluding carboxylic acids is 1. The molecule has 0 aliphatic carbocycles. The topological polar surface area (TPSA) is 71.0 Å². The Labute approximate surface area is 151 Å². The van der Waals surface area contributed by atoms with Crippen molar-refractivity contribution in [3.63, 3.8) is 0 Å². The van der Waals surface area contributed by atoms with Crippen molar-refractivity contribution in [2.45, 2.75) is 45.9 Å². The minimum atomic E-state index is -0.655. The molecule has 2 N–H and O–H groups in total. The molecule has 0 aliphatic heterocycles. The van der Waals surface area contributed by atoms with E-state index in [0.29, 0.717) is 19.8 Å². The van der Waals surface area contributed by atoms with E-state index in [2.05, 4.69) is 5.32 Å². The molecule has 1 amide bonds. The zero-order valence-electron chi connectivity index (χ0n) is 16.0. The monoisotopic (exact) mass is 352 g/mol. The van der Waals surface area contributed by atoms with Crippen LogP contribution in [-0.2, 0) is 14.3 Å². The molecule has 25 heavy (non-hydrogen) atoms. The highest BCUT2D eigenvalue weighted by Crippen LogP contribution is 2.14. The highest BCUT2D eigenvalue weighted by atomic mass is 16.5. The van der Waals surface area contributed by atoms with Gasteiger partial charge in [0.05, 0.1) is 38.1 Å². The lowest BCUT2D eigenvalue weighted by molar-refractivity contribution is -0.120. The third-order valence-corrected chi connectivity index (χ3v) is 3.93. The van der Waals surface area contributed by atoms with Crippen molar-refractivity contribution in [3.05, 3.63) is 29.8 Å². The van der Waals surface area contributed by atoms with E-state index in [1.807, 2.05) is 63.9 Å². The molecule has 2 unspecified atom stereocenters. The summed E-state index contributed by atoms with van der Waals surface area (Å²) in [6.07, 6.45) is -0.481. The molecule has 6 heteroatoms. The van der Waals surface area contributed by atoms with Crippen molar-refractivity contribution >= 4 is 11.6 Å². The van der Waals surface area contributed by atoms with Crippen LogP contribution in [0.1, 0.15) is 26.3 Å². The van der Waals surface area contributed by atoms with Gasteiger partial charge in [-0.25, -0.2) is 0 Å². The van der Waals surface area contributed by atoms with E-state index in [4.69, 9.17) is 9.47 Å². The van der Waals surface area contributed by atoms with Gasteiger partial charge in [0.15, 0.2) is 0 Å². The van der Waals surface area contributed by atoms with Crippen LogP contribution in [-0.4, -0.2) is 67.6 Å². The summed E-state index contributed by atoms with van der Waals surface area (Å²) in [6, 6.07) is 7.29. The number of para-hydroxylation sites is 1. The average Bonchev–Trinajstić information content (AvgIpc) is 2.55. The van der Waals surface area contributed by atoms with Crippen LogP contribution in [0.25, 0.3) is 0 Å². The van der Waals surface area contributed by atoms with Crippen molar-refractivity contribution in [1.29, 1.82) is 0 Å². The largest absolute Gasteiger partial charge is 0.389 e. The highest BCUT2D eigenvalue weighted by Gasteiger charge is 2.20. The van der Waals surface area contributed by atoms with Gasteiger partial charge in [-0.1, -0.05) is 18.2 Å². The van der Waals surface area contributed by atoms with E-state index in [9.17, 15) is 9.90 Å². The van der Waals surface area contributed by atoms with Crippen LogP contribution in [0.5, 0.6) is 0 Å². The van der Waals surface area contributed by atoms with Gasteiger partial charge in [-0.15, -0.1) is 0 Å². The predicted octanol–water partition coefficient (Wildman–Crippen LogP) is 2.06. The molecular formula is C19H32N2O4. The molecule has 0 aliphatic rings. The SMILES string of the molecule is Cc1ccccc1NC(=O)C(C)N(C)CC(O)COCCOC(C)C. The van der Waals surface area contributed by atoms with E-state index in [1.54, 1.807) is 0 Å². The number of nitrogens with zero attached hydrogens (tertiary/aromatic N) is 1. The number of rotatable bonds is 11. The molecule has 2 atom stereocenters. The molecule has 0 saturated heterocycles. The maximum absolute atomic E-state index is 12.4. The molecule has 0 fully saturated rings. The third-order valence-electron chi connectivity index (χ3n) is 3.93. The van der Waals surface area contributed by atoms with Crippen LogP contribution < -0.4 is 5.32 Å². The smallest absolute Gasteiger partial charge is 0.241 e. The third kappa shape index (κ3) is 8.45. The number of likely N-dealkylation sites (N-methyl/N-ethyl adjacent to an activating group) is 1. The number of carbonyl (C=O) groups is 1. The highest BCUT2D eigenvalue weighted by molar-refractivity contribution is 5.95. The van der Waals surface area contributed by atoms with Crippen LogP contribution in [0.15, 0.2) is 24.3 Å². The van der Waals surface area contributed by atoms with E-state index < -0.39 is 6.10 Å². The van der Waals surface area contributed by atoms with Crippen molar-refractivity contribution in [1.82, 2.24) is 4.90 Å². The van der Waals surface area contributed by atoms with Gasteiger partial charge in [-0.2, -0.15) is 0 Å². The van der Waals surface area contributed by atoms with Crippen LogP contribution in [0.3, 0.4) is 0 Å². The molecule has 6 nitrogen and oxygen atoms in total. The van der Waals surface area contributed by atoms with Gasteiger partial charge in [0, 0.05) is 12.2 Å². The fraction of sp³-hybridized carbons (Fsp3) is 0.632. The standard InChI is InChI=1S/C19H32N2O4/c1-14(2)25-11-10-24-13-17(22)12-21(5)16(4)19(23)20-18-9-7-6-8-15(18)3/h6-9,14,16-17,22H,10-13H2,1-5H3,(H,20,23). The minimum absolute atomic E-state index is 0.102. The van der Waals surface area contributed by atoms with E-state index in [-0.39, 0.29) is 24.7 Å². The molecular weight excluding hydrogens is 320 g/mol. The molecule has 1 aromatic rings. The van der Waals surface area contributed by atoms with E-state index in [1.165, 1.54) is 0 Å². The Kier molecular flexibility index (Phi) is 9.67. The summed E-state index contributed by atoms with van der Waals surface area (Å²) in [4.78, 5) is 14.2. The Balaban J connectivity index is 2.33. The minimum Gasteiger partial charge on any atom is -0.389 e. The van der Waals surface area contributed by atoms with Gasteiger partial charge < -0.3 is 19.9 Å². The van der Waals surface area contributed by atoms with Crippen molar-refractivity contribution in [2.24, 2.45) is 0 Å². The molecule has 0 spiro atoms. The summed E-state index contributed by atoms with van der Waals surface area (Å²) in [5, 5.41) is 13.0. The first-order valence-corrected chi connectivity index (χ1v) is 8.75. The lowest BCUT2D eigenvalue weighted by atomic mass is 10.2. The zero-order chi connectivity index (χ0) is 18.8. The maximum atomic E-state index is 12.4. The van der Waals surface area contributed by atoms with Crippen LogP contribution in [0, 0.1) is 6.92 Å². The molecule has 0 heterocycles. The first-order valence-electron chi connectivity index (χ1n) is 8.75. The number of anilines is 1. The summed E-state index contributed by atoms with van der Waals surface area (Å²) >= 11 is 0. The number of benzene rings is 1. The molecule has 142 valence electrons. The summed E-state index contributed by atoms with van der Waals surface area (Å²) < 4.78 is 10.8. The second-order valence-electron chi connectivity index (χ2n) is 6.57. The second kappa shape index (κ2) is 11.2. The Morgan fingerprint density at radius 2 is 1.92 bits per heavy atom. The summed E-state index contributed by atoms with van der Waals surface area (Å²) in [5.74, 6) is -0.102. The normalized spacial score (nSPS) is 13.9. The zero-order valence-corrected chi connectivity index (χ0v) is 16.0. The Bertz CT molecular complexity index is 522. The Morgan fingerprint density at radius 3 is 2.56 bits per heavy atom. The number of aryl methyl sites for hydroxylation is 1. The fourth-order valence-electron chi connectivity index (χ4n) is 2.26. The summed E-state index contributed by atoms with van der Waals surface area (Å²) in [7, 11) is 1.81. The number of hydrogen-bond acceptors (Lipinski definition) is 5. The summed E-state index contributed by atoms with van der Waals surface area (Å²) in [5.41, 5.74) is 1.82. The number of nitrogens with one attached hydrogen (secondary N) is 1. The lowest BCUT2D eigenvalue weighted by Gasteiger charge is -2.26. The number of ether oxygens (including phenoxy) is 2.